The molecule has 1 fully saturated rings. The van der Waals surface area contributed by atoms with Gasteiger partial charge in [0.25, 0.3) is 0 Å². The molecular formula is C19H23N5O. The second kappa shape index (κ2) is 6.78. The molecule has 1 aliphatic heterocycles. The van der Waals surface area contributed by atoms with E-state index >= 15 is 0 Å². The number of nitrogens with zero attached hydrogens (tertiary/aromatic N) is 4. The van der Waals surface area contributed by atoms with Gasteiger partial charge in [-0.2, -0.15) is 0 Å². The highest BCUT2D eigenvalue weighted by molar-refractivity contribution is 5.74. The fraction of sp³-hybridized carbons (Fsp3) is 0.474. The standard InChI is InChI=1S/C19H23N5O/c20-17(25)11-13-3-2-10-24(12-13)19-15-4-1-5-16(15)22-18(23-19)14-6-8-21-9-7-14/h6-9,13H,1-5,10-12H2,(H2,20,25). The minimum Gasteiger partial charge on any atom is -0.370 e. The molecule has 1 atom stereocenters. The lowest BCUT2D eigenvalue weighted by Gasteiger charge is -2.34. The molecule has 4 rings (SSSR count). The van der Waals surface area contributed by atoms with Crippen molar-refractivity contribution in [3.8, 4) is 11.4 Å². The molecule has 6 nitrogen and oxygen atoms in total. The molecule has 0 spiro atoms. The topological polar surface area (TPSA) is 85.0 Å². The number of nitrogens with two attached hydrogens (primary N) is 1. The molecule has 2 aliphatic rings. The summed E-state index contributed by atoms with van der Waals surface area (Å²) in [6.45, 7) is 1.83. The van der Waals surface area contributed by atoms with E-state index in [2.05, 4.69) is 9.88 Å². The van der Waals surface area contributed by atoms with Gasteiger partial charge in [0.1, 0.15) is 5.82 Å². The van der Waals surface area contributed by atoms with E-state index in [-0.39, 0.29) is 5.91 Å². The van der Waals surface area contributed by atoms with Crippen LogP contribution in [0.2, 0.25) is 0 Å². The van der Waals surface area contributed by atoms with Gasteiger partial charge in [-0.15, -0.1) is 0 Å². The number of carbonyl (C=O) groups excluding carboxylic acids is 1. The van der Waals surface area contributed by atoms with Gasteiger partial charge in [-0.25, -0.2) is 9.97 Å². The molecule has 2 N–H and O–H groups in total. The highest BCUT2D eigenvalue weighted by Gasteiger charge is 2.27. The van der Waals surface area contributed by atoms with Crippen molar-refractivity contribution in [3.63, 3.8) is 0 Å². The number of aromatic nitrogens is 3. The third-order valence-electron chi connectivity index (χ3n) is 5.16. The van der Waals surface area contributed by atoms with Crippen molar-refractivity contribution in [2.75, 3.05) is 18.0 Å². The smallest absolute Gasteiger partial charge is 0.217 e. The molecule has 6 heteroatoms. The van der Waals surface area contributed by atoms with Crippen molar-refractivity contribution in [2.24, 2.45) is 11.7 Å². The molecule has 130 valence electrons. The van der Waals surface area contributed by atoms with Gasteiger partial charge < -0.3 is 10.6 Å². The van der Waals surface area contributed by atoms with Crippen molar-refractivity contribution >= 4 is 11.7 Å². The number of hydrogen-bond acceptors (Lipinski definition) is 5. The molecule has 3 heterocycles. The Labute approximate surface area is 147 Å². The predicted octanol–water partition coefficient (Wildman–Crippen LogP) is 2.12. The zero-order valence-electron chi connectivity index (χ0n) is 14.3. The summed E-state index contributed by atoms with van der Waals surface area (Å²) in [5.41, 5.74) is 8.87. The molecule has 1 aliphatic carbocycles. The van der Waals surface area contributed by atoms with E-state index in [0.29, 0.717) is 12.3 Å². The Bertz CT molecular complexity index is 777. The number of anilines is 1. The minimum absolute atomic E-state index is 0.211. The van der Waals surface area contributed by atoms with E-state index in [1.54, 1.807) is 12.4 Å². The largest absolute Gasteiger partial charge is 0.370 e. The molecule has 1 unspecified atom stereocenters. The molecule has 0 saturated carbocycles. The summed E-state index contributed by atoms with van der Waals surface area (Å²) < 4.78 is 0. The molecule has 25 heavy (non-hydrogen) atoms. The van der Waals surface area contributed by atoms with Crippen molar-refractivity contribution < 1.29 is 4.79 Å². The number of carbonyl (C=O) groups is 1. The molecular weight excluding hydrogens is 314 g/mol. The Morgan fingerprint density at radius 2 is 2.04 bits per heavy atom. The first kappa shape index (κ1) is 16.0. The first-order valence-corrected chi connectivity index (χ1v) is 9.04. The second-order valence-electron chi connectivity index (χ2n) is 7.01. The predicted molar refractivity (Wildman–Crippen MR) is 96.0 cm³/mol. The third-order valence-corrected chi connectivity index (χ3v) is 5.16. The average molecular weight is 337 g/mol. The molecule has 1 amide bonds. The van der Waals surface area contributed by atoms with Crippen LogP contribution in [-0.4, -0.2) is 33.9 Å². The summed E-state index contributed by atoms with van der Waals surface area (Å²) in [6.07, 6.45) is 9.33. The minimum atomic E-state index is -0.211. The van der Waals surface area contributed by atoms with Crippen LogP contribution < -0.4 is 10.6 Å². The normalized spacial score (nSPS) is 19.7. The number of primary amides is 1. The van der Waals surface area contributed by atoms with E-state index < -0.39 is 0 Å². The molecule has 0 bridgehead atoms. The van der Waals surface area contributed by atoms with Crippen LogP contribution in [0.1, 0.15) is 36.9 Å². The van der Waals surface area contributed by atoms with E-state index in [9.17, 15) is 4.79 Å². The fourth-order valence-electron chi connectivity index (χ4n) is 4.01. The van der Waals surface area contributed by atoms with Crippen LogP contribution in [0.4, 0.5) is 5.82 Å². The number of hydrogen-bond donors (Lipinski definition) is 1. The van der Waals surface area contributed by atoms with E-state index in [0.717, 1.165) is 62.4 Å². The Kier molecular flexibility index (Phi) is 4.34. The van der Waals surface area contributed by atoms with Gasteiger partial charge in [-0.3, -0.25) is 9.78 Å². The van der Waals surface area contributed by atoms with Crippen LogP contribution >= 0.6 is 0 Å². The fourth-order valence-corrected chi connectivity index (χ4v) is 4.01. The van der Waals surface area contributed by atoms with Crippen molar-refractivity contribution in [1.82, 2.24) is 15.0 Å². The average Bonchev–Trinajstić information content (AvgIpc) is 3.10. The Morgan fingerprint density at radius 1 is 1.20 bits per heavy atom. The Morgan fingerprint density at radius 3 is 2.84 bits per heavy atom. The van der Waals surface area contributed by atoms with Crippen molar-refractivity contribution in [2.45, 2.75) is 38.5 Å². The Hall–Kier alpha value is -2.50. The number of amides is 1. The van der Waals surface area contributed by atoms with Crippen LogP contribution in [0.15, 0.2) is 24.5 Å². The number of fused-ring (bicyclic) bond motifs is 1. The van der Waals surface area contributed by atoms with Crippen LogP contribution in [0, 0.1) is 5.92 Å². The molecule has 2 aromatic rings. The van der Waals surface area contributed by atoms with Crippen LogP contribution in [0.5, 0.6) is 0 Å². The van der Waals surface area contributed by atoms with Crippen LogP contribution in [-0.2, 0) is 17.6 Å². The number of rotatable bonds is 4. The highest BCUT2D eigenvalue weighted by atomic mass is 16.1. The first-order valence-electron chi connectivity index (χ1n) is 9.04. The third kappa shape index (κ3) is 3.34. The first-order chi connectivity index (χ1) is 12.2. The van der Waals surface area contributed by atoms with Gasteiger partial charge >= 0.3 is 0 Å². The van der Waals surface area contributed by atoms with Gasteiger partial charge in [-0.1, -0.05) is 0 Å². The van der Waals surface area contributed by atoms with Gasteiger partial charge in [-0.05, 0) is 50.2 Å². The van der Waals surface area contributed by atoms with Gasteiger partial charge in [0.2, 0.25) is 5.91 Å². The Balaban J connectivity index is 1.69. The lowest BCUT2D eigenvalue weighted by molar-refractivity contribution is -0.118. The molecule has 0 radical (unpaired) electrons. The number of piperidine rings is 1. The SMILES string of the molecule is NC(=O)CC1CCCN(c2nc(-c3ccncc3)nc3c2CCC3)C1. The van der Waals surface area contributed by atoms with Crippen molar-refractivity contribution in [1.29, 1.82) is 0 Å². The number of pyridine rings is 1. The summed E-state index contributed by atoms with van der Waals surface area (Å²) in [6, 6.07) is 3.90. The second-order valence-corrected chi connectivity index (χ2v) is 7.01. The van der Waals surface area contributed by atoms with Crippen molar-refractivity contribution in [3.05, 3.63) is 35.8 Å². The summed E-state index contributed by atoms with van der Waals surface area (Å²) in [5.74, 6) is 1.94. The summed E-state index contributed by atoms with van der Waals surface area (Å²) >= 11 is 0. The zero-order chi connectivity index (χ0) is 17.2. The number of aryl methyl sites for hydroxylation is 1. The van der Waals surface area contributed by atoms with Crippen LogP contribution in [0.3, 0.4) is 0 Å². The monoisotopic (exact) mass is 337 g/mol. The summed E-state index contributed by atoms with van der Waals surface area (Å²) in [4.78, 5) is 27.5. The van der Waals surface area contributed by atoms with Gasteiger partial charge in [0.15, 0.2) is 5.82 Å². The van der Waals surface area contributed by atoms with E-state index in [1.165, 1.54) is 11.3 Å². The maximum Gasteiger partial charge on any atom is 0.217 e. The van der Waals surface area contributed by atoms with Gasteiger partial charge in [0.05, 0.1) is 0 Å². The summed E-state index contributed by atoms with van der Waals surface area (Å²) in [7, 11) is 0. The quantitative estimate of drug-likeness (QED) is 0.924. The van der Waals surface area contributed by atoms with Crippen LogP contribution in [0.25, 0.3) is 11.4 Å². The molecule has 1 saturated heterocycles. The maximum atomic E-state index is 11.3. The van der Waals surface area contributed by atoms with E-state index in [4.69, 9.17) is 15.7 Å². The molecule has 0 aromatic carbocycles. The zero-order valence-corrected chi connectivity index (χ0v) is 14.3. The van der Waals surface area contributed by atoms with E-state index in [1.807, 2.05) is 12.1 Å². The highest BCUT2D eigenvalue weighted by Crippen LogP contribution is 2.33. The maximum absolute atomic E-state index is 11.3. The molecule has 2 aromatic heterocycles. The summed E-state index contributed by atoms with van der Waals surface area (Å²) in [5, 5.41) is 0. The lowest BCUT2D eigenvalue weighted by atomic mass is 9.94. The lowest BCUT2D eigenvalue weighted by Crippen LogP contribution is -2.38. The van der Waals surface area contributed by atoms with Gasteiger partial charge in [0, 0.05) is 48.7 Å².